The molecule has 1 atom stereocenters. The maximum absolute atomic E-state index is 10.8. The molecule has 8 heteroatoms. The van der Waals surface area contributed by atoms with Gasteiger partial charge < -0.3 is 20.1 Å². The van der Waals surface area contributed by atoms with Gasteiger partial charge in [0.05, 0.1) is 28.5 Å². The van der Waals surface area contributed by atoms with Crippen LogP contribution in [-0.2, 0) is 4.74 Å². The van der Waals surface area contributed by atoms with E-state index in [4.69, 9.17) is 10.5 Å². The molecule has 1 saturated carbocycles. The topological polar surface area (TPSA) is 103 Å². The molecule has 4 rings (SSSR count). The normalized spacial score (nSPS) is 21.9. The van der Waals surface area contributed by atoms with Gasteiger partial charge in [-0.1, -0.05) is 0 Å². The Kier molecular flexibility index (Phi) is 4.54. The van der Waals surface area contributed by atoms with Crippen LogP contribution in [0.5, 0.6) is 0 Å². The van der Waals surface area contributed by atoms with E-state index in [9.17, 15) is 9.90 Å². The number of amides is 1. The molecule has 1 aliphatic carbocycles. The number of hydrogen-bond donors (Lipinski definition) is 2. The van der Waals surface area contributed by atoms with Gasteiger partial charge in [-0.25, -0.2) is 9.78 Å². The quantitative estimate of drug-likeness (QED) is 0.727. The van der Waals surface area contributed by atoms with Crippen molar-refractivity contribution >= 4 is 38.7 Å². The maximum Gasteiger partial charge on any atom is 0.404 e. The zero-order valence-corrected chi connectivity index (χ0v) is 15.4. The third-order valence-corrected chi connectivity index (χ3v) is 6.08. The Morgan fingerprint density at radius 1 is 1.42 bits per heavy atom. The van der Waals surface area contributed by atoms with Crippen molar-refractivity contribution in [3.8, 4) is 0 Å². The van der Waals surface area contributed by atoms with Gasteiger partial charge in [-0.2, -0.15) is 0 Å². The number of aromatic nitrogens is 3. The van der Waals surface area contributed by atoms with E-state index in [1.165, 1.54) is 0 Å². The number of fused-ring (bicyclic) bond motifs is 3. The van der Waals surface area contributed by atoms with Crippen molar-refractivity contribution in [1.82, 2.24) is 14.5 Å². The third kappa shape index (κ3) is 3.03. The van der Waals surface area contributed by atoms with E-state index < -0.39 is 12.2 Å². The van der Waals surface area contributed by atoms with Gasteiger partial charge in [-0.3, -0.25) is 4.98 Å². The number of imidazole rings is 1. The minimum atomic E-state index is -0.711. The van der Waals surface area contributed by atoms with E-state index in [2.05, 4.69) is 14.5 Å². The second kappa shape index (κ2) is 6.85. The highest BCUT2D eigenvalue weighted by molar-refractivity contribution is 7.18. The van der Waals surface area contributed by atoms with E-state index >= 15 is 0 Å². The molecule has 0 radical (unpaired) electrons. The van der Waals surface area contributed by atoms with Gasteiger partial charge in [-0.05, 0) is 50.0 Å². The highest BCUT2D eigenvalue weighted by Gasteiger charge is 2.28. The number of carbonyl (C=O) groups excluding carboxylic acids is 1. The van der Waals surface area contributed by atoms with Crippen molar-refractivity contribution in [2.75, 3.05) is 6.61 Å². The van der Waals surface area contributed by atoms with E-state index in [0.717, 1.165) is 46.9 Å². The number of aliphatic hydroxyl groups excluding tert-OH is 1. The molecule has 3 N–H and O–H groups in total. The predicted molar refractivity (Wildman–Crippen MR) is 100 cm³/mol. The first-order chi connectivity index (χ1) is 12.5. The Morgan fingerprint density at radius 3 is 2.88 bits per heavy atom. The van der Waals surface area contributed by atoms with Crippen molar-refractivity contribution < 1.29 is 14.6 Å². The number of ether oxygens (including phenoxy) is 1. The number of hydrogen-bond acceptors (Lipinski definition) is 6. The molecule has 7 nitrogen and oxygen atoms in total. The summed E-state index contributed by atoms with van der Waals surface area (Å²) in [5, 5.41) is 12.3. The molecule has 0 saturated heterocycles. The van der Waals surface area contributed by atoms with E-state index in [1.807, 2.05) is 11.4 Å². The van der Waals surface area contributed by atoms with Crippen LogP contribution in [0.4, 0.5) is 4.79 Å². The lowest BCUT2D eigenvalue weighted by Crippen LogP contribution is -2.25. The van der Waals surface area contributed by atoms with Crippen LogP contribution in [0.2, 0.25) is 0 Å². The first kappa shape index (κ1) is 17.2. The Hall–Kier alpha value is -2.19. The molecule has 26 heavy (non-hydrogen) atoms. The molecule has 3 heterocycles. The molecule has 1 aliphatic rings. The first-order valence-electron chi connectivity index (χ1n) is 8.89. The molecule has 0 bridgehead atoms. The van der Waals surface area contributed by atoms with Gasteiger partial charge in [-0.15, -0.1) is 11.3 Å². The van der Waals surface area contributed by atoms with Gasteiger partial charge in [0.25, 0.3) is 0 Å². The number of carbonyl (C=O) groups is 1. The van der Waals surface area contributed by atoms with Crippen LogP contribution < -0.4 is 5.73 Å². The fourth-order valence-electron chi connectivity index (χ4n) is 3.93. The molecule has 0 aromatic carbocycles. The summed E-state index contributed by atoms with van der Waals surface area (Å²) in [7, 11) is 0. The van der Waals surface area contributed by atoms with Crippen molar-refractivity contribution in [3.05, 3.63) is 23.5 Å². The minimum absolute atomic E-state index is 0.266. The maximum atomic E-state index is 10.8. The SMILES string of the molecule is C[C@@H](O)c1nc2cnc3ccsc3c2n1C1CCC(COC(N)=O)CC1. The van der Waals surface area contributed by atoms with Crippen molar-refractivity contribution in [2.24, 2.45) is 11.7 Å². The molecule has 138 valence electrons. The Morgan fingerprint density at radius 2 is 2.19 bits per heavy atom. The van der Waals surface area contributed by atoms with E-state index in [0.29, 0.717) is 18.3 Å². The van der Waals surface area contributed by atoms with E-state index in [1.54, 1.807) is 24.5 Å². The fraction of sp³-hybridized carbons (Fsp3) is 0.500. The lowest BCUT2D eigenvalue weighted by molar-refractivity contribution is 0.115. The van der Waals surface area contributed by atoms with Crippen LogP contribution in [0, 0.1) is 5.92 Å². The zero-order chi connectivity index (χ0) is 18.3. The summed E-state index contributed by atoms with van der Waals surface area (Å²) in [5.41, 5.74) is 7.92. The lowest BCUT2D eigenvalue weighted by atomic mass is 9.86. The standard InChI is InChI=1S/C18H22N4O3S/c1-10(23)17-21-14-8-20-13-6-7-26-16(13)15(14)22(17)12-4-2-11(3-5-12)9-25-18(19)24/h6-8,10-12,23H,2-5,9H2,1H3,(H2,19,24)/t10-,11?,12?/m1/s1. The number of nitrogens with two attached hydrogens (primary N) is 1. The molecule has 0 unspecified atom stereocenters. The molecule has 0 aliphatic heterocycles. The highest BCUT2D eigenvalue weighted by atomic mass is 32.1. The zero-order valence-electron chi connectivity index (χ0n) is 14.6. The Balaban J connectivity index is 1.68. The molecular formula is C18H22N4O3S. The molecule has 0 spiro atoms. The molecule has 3 aromatic rings. The number of nitrogens with zero attached hydrogens (tertiary/aromatic N) is 3. The summed E-state index contributed by atoms with van der Waals surface area (Å²) < 4.78 is 8.29. The highest BCUT2D eigenvalue weighted by Crippen LogP contribution is 2.39. The van der Waals surface area contributed by atoms with E-state index in [-0.39, 0.29) is 6.04 Å². The summed E-state index contributed by atoms with van der Waals surface area (Å²) in [6, 6.07) is 2.28. The van der Waals surface area contributed by atoms with Crippen LogP contribution in [0.1, 0.15) is 50.6 Å². The van der Waals surface area contributed by atoms with Crippen LogP contribution in [-0.4, -0.2) is 32.3 Å². The summed E-state index contributed by atoms with van der Waals surface area (Å²) >= 11 is 1.66. The predicted octanol–water partition coefficient (Wildman–Crippen LogP) is 3.53. The first-order valence-corrected chi connectivity index (χ1v) is 9.77. The number of pyridine rings is 1. The minimum Gasteiger partial charge on any atom is -0.449 e. The van der Waals surface area contributed by atoms with Crippen molar-refractivity contribution in [3.63, 3.8) is 0 Å². The second-order valence-corrected chi connectivity index (χ2v) is 7.86. The number of rotatable bonds is 4. The summed E-state index contributed by atoms with van der Waals surface area (Å²) in [6.07, 6.45) is 4.25. The largest absolute Gasteiger partial charge is 0.449 e. The van der Waals surface area contributed by atoms with Crippen LogP contribution in [0.3, 0.4) is 0 Å². The number of thiophene rings is 1. The average Bonchev–Trinajstić information content (AvgIpc) is 3.24. The van der Waals surface area contributed by atoms with Crippen LogP contribution in [0.25, 0.3) is 21.3 Å². The molecule has 1 fully saturated rings. The third-order valence-electron chi connectivity index (χ3n) is 5.17. The van der Waals surface area contributed by atoms with Gasteiger partial charge in [0.1, 0.15) is 17.4 Å². The molecular weight excluding hydrogens is 352 g/mol. The smallest absolute Gasteiger partial charge is 0.404 e. The van der Waals surface area contributed by atoms with Crippen molar-refractivity contribution in [2.45, 2.75) is 44.8 Å². The van der Waals surface area contributed by atoms with Gasteiger partial charge in [0.15, 0.2) is 0 Å². The summed E-state index contributed by atoms with van der Waals surface area (Å²) in [5.74, 6) is 1.03. The number of primary amides is 1. The molecule has 3 aromatic heterocycles. The monoisotopic (exact) mass is 374 g/mol. The average molecular weight is 374 g/mol. The second-order valence-electron chi connectivity index (χ2n) is 6.95. The number of aliphatic hydroxyl groups is 1. The summed E-state index contributed by atoms with van der Waals surface area (Å²) in [4.78, 5) is 20.0. The summed E-state index contributed by atoms with van der Waals surface area (Å²) in [6.45, 7) is 2.14. The Bertz CT molecular complexity index is 941. The van der Waals surface area contributed by atoms with Gasteiger partial charge >= 0.3 is 6.09 Å². The van der Waals surface area contributed by atoms with Crippen LogP contribution in [0.15, 0.2) is 17.6 Å². The van der Waals surface area contributed by atoms with Crippen LogP contribution >= 0.6 is 11.3 Å². The van der Waals surface area contributed by atoms with Gasteiger partial charge in [0, 0.05) is 6.04 Å². The lowest BCUT2D eigenvalue weighted by Gasteiger charge is -2.30. The van der Waals surface area contributed by atoms with Gasteiger partial charge in [0.2, 0.25) is 0 Å². The fourth-order valence-corrected chi connectivity index (χ4v) is 4.82. The Labute approximate surface area is 154 Å². The van der Waals surface area contributed by atoms with Crippen molar-refractivity contribution in [1.29, 1.82) is 0 Å². The molecule has 1 amide bonds.